The molecule has 4 unspecified atom stereocenters. The second kappa shape index (κ2) is 5.72. The normalized spacial score (nSPS) is 37.6. The van der Waals surface area contributed by atoms with E-state index in [-0.39, 0.29) is 24.0 Å². The van der Waals surface area contributed by atoms with E-state index >= 15 is 0 Å². The van der Waals surface area contributed by atoms with Crippen LogP contribution in [0.1, 0.15) is 44.9 Å². The van der Waals surface area contributed by atoms with Gasteiger partial charge in [0, 0.05) is 6.61 Å². The molecule has 1 heterocycles. The van der Waals surface area contributed by atoms with Crippen molar-refractivity contribution in [2.24, 2.45) is 17.8 Å². The number of carboxylic acid groups (broad SMARTS) is 1. The summed E-state index contributed by atoms with van der Waals surface area (Å²) in [6.45, 7) is 0.707. The summed E-state index contributed by atoms with van der Waals surface area (Å²) in [6.07, 6.45) is 6.59. The van der Waals surface area contributed by atoms with Gasteiger partial charge in [0.25, 0.3) is 0 Å². The molecule has 5 heteroatoms. The van der Waals surface area contributed by atoms with Crippen LogP contribution in [0.3, 0.4) is 0 Å². The van der Waals surface area contributed by atoms with Crippen molar-refractivity contribution < 1.29 is 19.4 Å². The first kappa shape index (κ1) is 13.9. The third-order valence-electron chi connectivity index (χ3n) is 4.97. The molecule has 112 valence electrons. The Morgan fingerprint density at radius 3 is 2.35 bits per heavy atom. The predicted octanol–water partition coefficient (Wildman–Crippen LogP) is 1.56. The minimum absolute atomic E-state index is 0.0711. The Morgan fingerprint density at radius 2 is 1.70 bits per heavy atom. The number of nitrogens with one attached hydrogen (secondary N) is 1. The molecule has 4 atom stereocenters. The lowest BCUT2D eigenvalue weighted by molar-refractivity contribution is -0.149. The summed E-state index contributed by atoms with van der Waals surface area (Å²) in [5, 5.41) is 12.3. The quantitative estimate of drug-likeness (QED) is 0.820. The van der Waals surface area contributed by atoms with Gasteiger partial charge >= 0.3 is 5.97 Å². The highest BCUT2D eigenvalue weighted by atomic mass is 16.5. The van der Waals surface area contributed by atoms with Gasteiger partial charge in [0.2, 0.25) is 5.91 Å². The standard InChI is InChI=1S/C15H23NO4/c17-14(10-3-1-2-4-11(10)15(18)19)16-12-7-8-20-13(12)9-5-6-9/h9-13H,1-8H2,(H,16,17)(H,18,19). The third kappa shape index (κ3) is 2.82. The summed E-state index contributed by atoms with van der Waals surface area (Å²) in [6, 6.07) is 0.0892. The van der Waals surface area contributed by atoms with Crippen LogP contribution in [-0.4, -0.2) is 35.7 Å². The highest BCUT2D eigenvalue weighted by Gasteiger charge is 2.43. The monoisotopic (exact) mass is 281 g/mol. The Balaban J connectivity index is 1.61. The van der Waals surface area contributed by atoms with Gasteiger partial charge in [0.15, 0.2) is 0 Å². The summed E-state index contributed by atoms with van der Waals surface area (Å²) in [5.74, 6) is -1.17. The zero-order valence-corrected chi connectivity index (χ0v) is 11.7. The van der Waals surface area contributed by atoms with Crippen molar-refractivity contribution in [1.82, 2.24) is 5.32 Å². The van der Waals surface area contributed by atoms with E-state index in [1.54, 1.807) is 0 Å². The van der Waals surface area contributed by atoms with Crippen LogP contribution in [0.4, 0.5) is 0 Å². The molecule has 20 heavy (non-hydrogen) atoms. The smallest absolute Gasteiger partial charge is 0.307 e. The van der Waals surface area contributed by atoms with Crippen molar-refractivity contribution in [1.29, 1.82) is 0 Å². The van der Waals surface area contributed by atoms with E-state index < -0.39 is 11.9 Å². The first-order chi connectivity index (χ1) is 9.66. The maximum atomic E-state index is 12.4. The first-order valence-corrected chi connectivity index (χ1v) is 7.81. The molecule has 0 aromatic carbocycles. The van der Waals surface area contributed by atoms with Gasteiger partial charge in [0.1, 0.15) is 0 Å². The van der Waals surface area contributed by atoms with Crippen molar-refractivity contribution >= 4 is 11.9 Å². The number of hydrogen-bond donors (Lipinski definition) is 2. The van der Waals surface area contributed by atoms with Gasteiger partial charge in [-0.05, 0) is 38.0 Å². The fourth-order valence-corrected chi connectivity index (χ4v) is 3.69. The fourth-order valence-electron chi connectivity index (χ4n) is 3.69. The topological polar surface area (TPSA) is 75.6 Å². The Bertz CT molecular complexity index is 393. The molecule has 2 N–H and O–H groups in total. The number of amides is 1. The number of hydrogen-bond acceptors (Lipinski definition) is 3. The molecule has 0 bridgehead atoms. The zero-order valence-electron chi connectivity index (χ0n) is 11.7. The highest BCUT2D eigenvalue weighted by Crippen LogP contribution is 2.39. The molecule has 3 fully saturated rings. The molecule has 3 rings (SSSR count). The number of carboxylic acids is 1. The van der Waals surface area contributed by atoms with Crippen LogP contribution in [0, 0.1) is 17.8 Å². The Kier molecular flexibility index (Phi) is 3.96. The lowest BCUT2D eigenvalue weighted by Crippen LogP contribution is -2.47. The molecule has 1 saturated heterocycles. The summed E-state index contributed by atoms with van der Waals surface area (Å²) in [4.78, 5) is 23.7. The molecule has 0 spiro atoms. The van der Waals surface area contributed by atoms with Gasteiger partial charge in [-0.15, -0.1) is 0 Å². The minimum atomic E-state index is -0.828. The maximum absolute atomic E-state index is 12.4. The van der Waals surface area contributed by atoms with Gasteiger partial charge in [0.05, 0.1) is 24.0 Å². The van der Waals surface area contributed by atoms with Crippen molar-refractivity contribution in [3.8, 4) is 0 Å². The maximum Gasteiger partial charge on any atom is 0.307 e. The third-order valence-corrected chi connectivity index (χ3v) is 4.97. The fraction of sp³-hybridized carbons (Fsp3) is 0.867. The summed E-state index contributed by atoms with van der Waals surface area (Å²) < 4.78 is 5.72. The van der Waals surface area contributed by atoms with Crippen LogP contribution in [0.25, 0.3) is 0 Å². The van der Waals surface area contributed by atoms with E-state index in [9.17, 15) is 14.7 Å². The van der Waals surface area contributed by atoms with Crippen molar-refractivity contribution in [2.45, 2.75) is 57.1 Å². The number of aliphatic carboxylic acids is 1. The van der Waals surface area contributed by atoms with Crippen LogP contribution in [0.5, 0.6) is 0 Å². The van der Waals surface area contributed by atoms with Gasteiger partial charge < -0.3 is 15.2 Å². The van der Waals surface area contributed by atoms with Crippen LogP contribution in [0.15, 0.2) is 0 Å². The highest BCUT2D eigenvalue weighted by molar-refractivity contribution is 5.85. The number of carbonyl (C=O) groups excluding carboxylic acids is 1. The Morgan fingerprint density at radius 1 is 1.00 bits per heavy atom. The van der Waals surface area contributed by atoms with E-state index in [2.05, 4.69) is 5.32 Å². The Hall–Kier alpha value is -1.10. The summed E-state index contributed by atoms with van der Waals surface area (Å²) in [7, 11) is 0. The lowest BCUT2D eigenvalue weighted by Gasteiger charge is -2.29. The van der Waals surface area contributed by atoms with E-state index in [0.29, 0.717) is 25.4 Å². The zero-order chi connectivity index (χ0) is 14.1. The molecule has 0 aromatic rings. The average molecular weight is 281 g/mol. The largest absolute Gasteiger partial charge is 0.481 e. The molecule has 1 amide bonds. The molecule has 1 aliphatic heterocycles. The molecule has 5 nitrogen and oxygen atoms in total. The summed E-state index contributed by atoms with van der Waals surface area (Å²) in [5.41, 5.74) is 0. The van der Waals surface area contributed by atoms with Crippen LogP contribution < -0.4 is 5.32 Å². The van der Waals surface area contributed by atoms with E-state index in [0.717, 1.165) is 19.3 Å². The molecule has 2 aliphatic carbocycles. The lowest BCUT2D eigenvalue weighted by atomic mass is 9.78. The molecule has 0 radical (unpaired) electrons. The van der Waals surface area contributed by atoms with E-state index in [4.69, 9.17) is 4.74 Å². The summed E-state index contributed by atoms with van der Waals surface area (Å²) >= 11 is 0. The van der Waals surface area contributed by atoms with Gasteiger partial charge in [-0.3, -0.25) is 9.59 Å². The number of carbonyl (C=O) groups is 2. The van der Waals surface area contributed by atoms with E-state index in [1.807, 2.05) is 0 Å². The van der Waals surface area contributed by atoms with Crippen LogP contribution in [0.2, 0.25) is 0 Å². The SMILES string of the molecule is O=C(O)C1CCCCC1C(=O)NC1CCOC1C1CC1. The Labute approximate surface area is 119 Å². The number of rotatable bonds is 4. The van der Waals surface area contributed by atoms with Crippen molar-refractivity contribution in [3.05, 3.63) is 0 Å². The van der Waals surface area contributed by atoms with Gasteiger partial charge in [-0.25, -0.2) is 0 Å². The minimum Gasteiger partial charge on any atom is -0.481 e. The van der Waals surface area contributed by atoms with Crippen LogP contribution >= 0.6 is 0 Å². The molecule has 3 aliphatic rings. The predicted molar refractivity (Wildman–Crippen MR) is 72.1 cm³/mol. The van der Waals surface area contributed by atoms with Gasteiger partial charge in [-0.1, -0.05) is 12.8 Å². The second-order valence-corrected chi connectivity index (χ2v) is 6.41. The second-order valence-electron chi connectivity index (χ2n) is 6.41. The molecule has 0 aromatic heterocycles. The van der Waals surface area contributed by atoms with Gasteiger partial charge in [-0.2, -0.15) is 0 Å². The van der Waals surface area contributed by atoms with Crippen LogP contribution in [-0.2, 0) is 14.3 Å². The molecular formula is C15H23NO4. The van der Waals surface area contributed by atoms with Crippen molar-refractivity contribution in [3.63, 3.8) is 0 Å². The molecular weight excluding hydrogens is 258 g/mol. The van der Waals surface area contributed by atoms with E-state index in [1.165, 1.54) is 12.8 Å². The van der Waals surface area contributed by atoms with Crippen molar-refractivity contribution in [2.75, 3.05) is 6.61 Å². The number of ether oxygens (including phenoxy) is 1. The average Bonchev–Trinajstić information content (AvgIpc) is 3.19. The molecule has 2 saturated carbocycles. The first-order valence-electron chi connectivity index (χ1n) is 7.81.